The predicted molar refractivity (Wildman–Crippen MR) is 103 cm³/mol. The van der Waals surface area contributed by atoms with E-state index in [1.165, 1.54) is 11.3 Å². The fourth-order valence-electron chi connectivity index (χ4n) is 2.25. The molecule has 1 N–H and O–H groups in total. The van der Waals surface area contributed by atoms with E-state index in [4.69, 9.17) is 32.7 Å². The molecule has 130 valence electrons. The summed E-state index contributed by atoms with van der Waals surface area (Å²) >= 11 is 13.9. The number of hydrogen-bond acceptors (Lipinski definition) is 5. The SMILES string of the molecule is COc1cc(CNc2nccs2)c(Cl)cc1OCc1cccc(Cl)c1. The van der Waals surface area contributed by atoms with Gasteiger partial charge in [0.05, 0.1) is 7.11 Å². The van der Waals surface area contributed by atoms with E-state index in [2.05, 4.69) is 10.3 Å². The first-order valence-corrected chi connectivity index (χ1v) is 9.16. The normalized spacial score (nSPS) is 10.5. The van der Waals surface area contributed by atoms with Gasteiger partial charge in [0.2, 0.25) is 0 Å². The van der Waals surface area contributed by atoms with Crippen LogP contribution in [0.3, 0.4) is 0 Å². The molecule has 0 aliphatic heterocycles. The van der Waals surface area contributed by atoms with E-state index in [1.54, 1.807) is 19.4 Å². The third-order valence-electron chi connectivity index (χ3n) is 3.48. The lowest BCUT2D eigenvalue weighted by atomic mass is 10.2. The second-order valence-electron chi connectivity index (χ2n) is 5.20. The zero-order chi connectivity index (χ0) is 17.6. The van der Waals surface area contributed by atoms with Crippen LogP contribution in [-0.4, -0.2) is 12.1 Å². The van der Waals surface area contributed by atoms with Crippen LogP contribution in [0.25, 0.3) is 0 Å². The molecule has 0 spiro atoms. The molecule has 25 heavy (non-hydrogen) atoms. The number of aromatic nitrogens is 1. The molecule has 0 unspecified atom stereocenters. The number of benzene rings is 2. The van der Waals surface area contributed by atoms with Crippen molar-refractivity contribution >= 4 is 39.7 Å². The number of anilines is 1. The first-order chi connectivity index (χ1) is 12.2. The summed E-state index contributed by atoms with van der Waals surface area (Å²) in [4.78, 5) is 4.19. The molecule has 0 bridgehead atoms. The van der Waals surface area contributed by atoms with Gasteiger partial charge in [0.15, 0.2) is 16.6 Å². The van der Waals surface area contributed by atoms with E-state index >= 15 is 0 Å². The van der Waals surface area contributed by atoms with E-state index < -0.39 is 0 Å². The van der Waals surface area contributed by atoms with Crippen molar-refractivity contribution in [2.75, 3.05) is 12.4 Å². The van der Waals surface area contributed by atoms with E-state index in [0.717, 1.165) is 16.3 Å². The number of nitrogens with zero attached hydrogens (tertiary/aromatic N) is 1. The van der Waals surface area contributed by atoms with Gasteiger partial charge in [-0.1, -0.05) is 35.3 Å². The third-order valence-corrected chi connectivity index (χ3v) is 4.80. The summed E-state index contributed by atoms with van der Waals surface area (Å²) in [7, 11) is 1.60. The fraction of sp³-hybridized carbons (Fsp3) is 0.167. The van der Waals surface area contributed by atoms with Crippen molar-refractivity contribution in [1.82, 2.24) is 4.98 Å². The zero-order valence-electron chi connectivity index (χ0n) is 13.5. The van der Waals surface area contributed by atoms with Crippen molar-refractivity contribution in [3.63, 3.8) is 0 Å². The van der Waals surface area contributed by atoms with Gasteiger partial charge in [-0.25, -0.2) is 4.98 Å². The Morgan fingerprint density at radius 2 is 2.04 bits per heavy atom. The lowest BCUT2D eigenvalue weighted by Crippen LogP contribution is -2.02. The molecule has 2 aromatic carbocycles. The van der Waals surface area contributed by atoms with Crippen LogP contribution in [0.2, 0.25) is 10.0 Å². The summed E-state index contributed by atoms with van der Waals surface area (Å²) in [6, 6.07) is 11.2. The quantitative estimate of drug-likeness (QED) is 0.562. The van der Waals surface area contributed by atoms with Crippen molar-refractivity contribution in [2.24, 2.45) is 0 Å². The first kappa shape index (κ1) is 17.9. The van der Waals surface area contributed by atoms with Crippen LogP contribution in [0.15, 0.2) is 48.0 Å². The molecular formula is C18H16Cl2N2O2S. The second kappa shape index (κ2) is 8.43. The van der Waals surface area contributed by atoms with Crippen LogP contribution in [-0.2, 0) is 13.2 Å². The molecule has 0 aliphatic rings. The molecule has 4 nitrogen and oxygen atoms in total. The smallest absolute Gasteiger partial charge is 0.182 e. The molecule has 0 saturated carbocycles. The molecule has 0 saturated heterocycles. The Morgan fingerprint density at radius 3 is 2.76 bits per heavy atom. The Bertz CT molecular complexity index is 841. The number of methoxy groups -OCH3 is 1. The van der Waals surface area contributed by atoms with Crippen LogP contribution in [0.5, 0.6) is 11.5 Å². The lowest BCUT2D eigenvalue weighted by Gasteiger charge is -2.14. The number of halogens is 2. The number of rotatable bonds is 7. The van der Waals surface area contributed by atoms with Gasteiger partial charge < -0.3 is 14.8 Å². The molecule has 7 heteroatoms. The molecule has 0 aliphatic carbocycles. The van der Waals surface area contributed by atoms with Crippen LogP contribution in [0, 0.1) is 0 Å². The summed E-state index contributed by atoms with van der Waals surface area (Å²) in [5.74, 6) is 1.22. The number of nitrogens with one attached hydrogen (secondary N) is 1. The van der Waals surface area contributed by atoms with Gasteiger partial charge in [-0.15, -0.1) is 11.3 Å². The summed E-state index contributed by atoms with van der Waals surface area (Å²) < 4.78 is 11.3. The van der Waals surface area contributed by atoms with Gasteiger partial charge in [0.1, 0.15) is 6.61 Å². The van der Waals surface area contributed by atoms with Gasteiger partial charge in [0.25, 0.3) is 0 Å². The second-order valence-corrected chi connectivity index (χ2v) is 6.94. The van der Waals surface area contributed by atoms with Crippen molar-refractivity contribution in [2.45, 2.75) is 13.2 Å². The summed E-state index contributed by atoms with van der Waals surface area (Å²) in [6.07, 6.45) is 1.75. The molecule has 0 radical (unpaired) electrons. The molecule has 3 aromatic rings. The van der Waals surface area contributed by atoms with Crippen LogP contribution < -0.4 is 14.8 Å². The number of hydrogen-bond donors (Lipinski definition) is 1. The largest absolute Gasteiger partial charge is 0.493 e. The van der Waals surface area contributed by atoms with Crippen LogP contribution in [0.1, 0.15) is 11.1 Å². The van der Waals surface area contributed by atoms with Gasteiger partial charge in [-0.3, -0.25) is 0 Å². The zero-order valence-corrected chi connectivity index (χ0v) is 15.8. The van der Waals surface area contributed by atoms with E-state index in [9.17, 15) is 0 Å². The molecule has 1 heterocycles. The van der Waals surface area contributed by atoms with Crippen LogP contribution in [0.4, 0.5) is 5.13 Å². The van der Waals surface area contributed by atoms with Gasteiger partial charge in [0, 0.05) is 34.2 Å². The van der Waals surface area contributed by atoms with E-state index in [0.29, 0.717) is 34.7 Å². The highest BCUT2D eigenvalue weighted by atomic mass is 35.5. The van der Waals surface area contributed by atoms with Gasteiger partial charge >= 0.3 is 0 Å². The Hall–Kier alpha value is -1.95. The summed E-state index contributed by atoms with van der Waals surface area (Å²) in [5.41, 5.74) is 1.88. The fourth-order valence-corrected chi connectivity index (χ4v) is 3.22. The summed E-state index contributed by atoms with van der Waals surface area (Å²) in [5, 5.41) is 7.26. The number of ether oxygens (including phenoxy) is 2. The number of thiazole rings is 1. The highest BCUT2D eigenvalue weighted by molar-refractivity contribution is 7.13. The molecule has 0 amide bonds. The standard InChI is InChI=1S/C18H16Cl2N2O2S/c1-23-16-8-13(10-22-18-21-5-6-25-18)15(20)9-17(16)24-11-12-3-2-4-14(19)7-12/h2-9H,10-11H2,1H3,(H,21,22). The van der Waals surface area contributed by atoms with E-state index in [1.807, 2.05) is 35.7 Å². The Morgan fingerprint density at radius 1 is 1.16 bits per heavy atom. The Labute approximate surface area is 160 Å². The minimum atomic E-state index is 0.379. The average molecular weight is 395 g/mol. The Balaban J connectivity index is 1.72. The molecule has 1 aromatic heterocycles. The highest BCUT2D eigenvalue weighted by Crippen LogP contribution is 2.34. The third kappa shape index (κ3) is 4.78. The maximum atomic E-state index is 6.39. The lowest BCUT2D eigenvalue weighted by molar-refractivity contribution is 0.284. The monoisotopic (exact) mass is 394 g/mol. The van der Waals surface area contributed by atoms with E-state index in [-0.39, 0.29) is 0 Å². The van der Waals surface area contributed by atoms with Crippen LogP contribution >= 0.6 is 34.5 Å². The van der Waals surface area contributed by atoms with Crippen molar-refractivity contribution in [3.05, 3.63) is 69.1 Å². The summed E-state index contributed by atoms with van der Waals surface area (Å²) in [6.45, 7) is 0.932. The molecule has 0 fully saturated rings. The highest BCUT2D eigenvalue weighted by Gasteiger charge is 2.11. The van der Waals surface area contributed by atoms with Gasteiger partial charge in [-0.2, -0.15) is 0 Å². The molecule has 0 atom stereocenters. The maximum Gasteiger partial charge on any atom is 0.182 e. The Kier molecular flexibility index (Phi) is 6.02. The predicted octanol–water partition coefficient (Wildman–Crippen LogP) is 5.65. The first-order valence-electron chi connectivity index (χ1n) is 7.52. The average Bonchev–Trinajstić information content (AvgIpc) is 3.12. The van der Waals surface area contributed by atoms with Crippen molar-refractivity contribution in [3.8, 4) is 11.5 Å². The minimum Gasteiger partial charge on any atom is -0.493 e. The molecule has 3 rings (SSSR count). The van der Waals surface area contributed by atoms with Crippen molar-refractivity contribution in [1.29, 1.82) is 0 Å². The maximum absolute atomic E-state index is 6.39. The minimum absolute atomic E-state index is 0.379. The topological polar surface area (TPSA) is 43.4 Å². The van der Waals surface area contributed by atoms with Gasteiger partial charge in [-0.05, 0) is 29.3 Å². The molecular weight excluding hydrogens is 379 g/mol. The van der Waals surface area contributed by atoms with Crippen molar-refractivity contribution < 1.29 is 9.47 Å².